The molecule has 2 aromatic rings. The molecule has 2 aromatic carbocycles. The van der Waals surface area contributed by atoms with E-state index in [-0.39, 0.29) is 5.82 Å². The molecule has 2 nitrogen and oxygen atoms in total. The molecule has 2 N–H and O–H groups in total. The van der Waals surface area contributed by atoms with Gasteiger partial charge in [0, 0.05) is 23.2 Å². The maximum Gasteiger partial charge on any atom is 0.131 e. The second-order valence-corrected chi connectivity index (χ2v) is 5.93. The Morgan fingerprint density at radius 3 is 2.62 bits per heavy atom. The lowest BCUT2D eigenvalue weighted by molar-refractivity contribution is 0.578. The molecule has 108 valence electrons. The molecule has 21 heavy (non-hydrogen) atoms. The van der Waals surface area contributed by atoms with Gasteiger partial charge < -0.3 is 10.6 Å². The first-order valence-electron chi connectivity index (χ1n) is 7.69. The standard InChI is InChI=1S/C18H19FN2/c19-15-6-2-1-4-12(15)13-5-3-7-17-18(13)14-8-10-20-11-9-16(14)21-17/h1-7,14,16,20-21H,8-11H2. The van der Waals surface area contributed by atoms with Crippen molar-refractivity contribution in [3.8, 4) is 11.1 Å². The van der Waals surface area contributed by atoms with Crippen LogP contribution in [0.15, 0.2) is 42.5 Å². The van der Waals surface area contributed by atoms with Gasteiger partial charge in [0.15, 0.2) is 0 Å². The largest absolute Gasteiger partial charge is 0.381 e. The van der Waals surface area contributed by atoms with Gasteiger partial charge >= 0.3 is 0 Å². The topological polar surface area (TPSA) is 24.1 Å². The van der Waals surface area contributed by atoms with E-state index >= 15 is 0 Å². The molecule has 4 rings (SSSR count). The highest BCUT2D eigenvalue weighted by Crippen LogP contribution is 2.45. The zero-order valence-electron chi connectivity index (χ0n) is 11.9. The van der Waals surface area contributed by atoms with E-state index in [2.05, 4.69) is 22.8 Å². The van der Waals surface area contributed by atoms with E-state index in [0.717, 1.165) is 31.5 Å². The first-order chi connectivity index (χ1) is 10.3. The fourth-order valence-electron chi connectivity index (χ4n) is 3.77. The minimum Gasteiger partial charge on any atom is -0.381 e. The van der Waals surface area contributed by atoms with E-state index in [1.54, 1.807) is 12.1 Å². The van der Waals surface area contributed by atoms with Gasteiger partial charge in [-0.15, -0.1) is 0 Å². The summed E-state index contributed by atoms with van der Waals surface area (Å²) in [5.41, 5.74) is 4.26. The summed E-state index contributed by atoms with van der Waals surface area (Å²) in [4.78, 5) is 0. The maximum atomic E-state index is 14.2. The van der Waals surface area contributed by atoms with Crippen LogP contribution in [-0.4, -0.2) is 19.1 Å². The predicted octanol–water partition coefficient (Wildman–Crippen LogP) is 3.75. The number of fused-ring (bicyclic) bond motifs is 3. The van der Waals surface area contributed by atoms with Crippen molar-refractivity contribution in [2.24, 2.45) is 0 Å². The van der Waals surface area contributed by atoms with Crippen molar-refractivity contribution in [3.63, 3.8) is 0 Å². The van der Waals surface area contributed by atoms with Crippen LogP contribution in [0.5, 0.6) is 0 Å². The Balaban J connectivity index is 1.85. The molecule has 1 saturated heterocycles. The third kappa shape index (κ3) is 2.12. The molecular formula is C18H19FN2. The molecule has 2 aliphatic rings. The van der Waals surface area contributed by atoms with Crippen LogP contribution in [0.3, 0.4) is 0 Å². The highest BCUT2D eigenvalue weighted by Gasteiger charge is 2.34. The quantitative estimate of drug-likeness (QED) is 0.832. The molecule has 0 aromatic heterocycles. The summed E-state index contributed by atoms with van der Waals surface area (Å²) < 4.78 is 14.2. The van der Waals surface area contributed by atoms with Crippen LogP contribution in [0, 0.1) is 5.82 Å². The van der Waals surface area contributed by atoms with Gasteiger partial charge in [-0.05, 0) is 49.2 Å². The molecular weight excluding hydrogens is 263 g/mol. The van der Waals surface area contributed by atoms with E-state index in [0.29, 0.717) is 17.5 Å². The summed E-state index contributed by atoms with van der Waals surface area (Å²) in [5.74, 6) is 0.340. The Morgan fingerprint density at radius 1 is 0.905 bits per heavy atom. The van der Waals surface area contributed by atoms with Crippen LogP contribution in [0.25, 0.3) is 11.1 Å². The Labute approximate surface area is 124 Å². The molecule has 2 unspecified atom stereocenters. The zero-order valence-corrected chi connectivity index (χ0v) is 11.9. The lowest BCUT2D eigenvalue weighted by atomic mass is 9.86. The van der Waals surface area contributed by atoms with Gasteiger partial charge in [0.05, 0.1) is 0 Å². The highest BCUT2D eigenvalue weighted by atomic mass is 19.1. The summed E-state index contributed by atoms with van der Waals surface area (Å²) in [6.45, 7) is 2.09. The predicted molar refractivity (Wildman–Crippen MR) is 84.1 cm³/mol. The van der Waals surface area contributed by atoms with E-state index < -0.39 is 0 Å². The lowest BCUT2D eigenvalue weighted by Crippen LogP contribution is -2.21. The van der Waals surface area contributed by atoms with Crippen molar-refractivity contribution in [1.29, 1.82) is 0 Å². The van der Waals surface area contributed by atoms with E-state index in [1.165, 1.54) is 11.3 Å². The van der Waals surface area contributed by atoms with Crippen molar-refractivity contribution < 1.29 is 4.39 Å². The van der Waals surface area contributed by atoms with Gasteiger partial charge in [-0.2, -0.15) is 0 Å². The number of rotatable bonds is 1. The molecule has 0 saturated carbocycles. The van der Waals surface area contributed by atoms with Crippen molar-refractivity contribution >= 4 is 5.69 Å². The minimum absolute atomic E-state index is 0.138. The van der Waals surface area contributed by atoms with Gasteiger partial charge in [0.25, 0.3) is 0 Å². The van der Waals surface area contributed by atoms with Crippen molar-refractivity contribution in [2.45, 2.75) is 24.8 Å². The van der Waals surface area contributed by atoms with Crippen LogP contribution < -0.4 is 10.6 Å². The average Bonchev–Trinajstić information content (AvgIpc) is 2.70. The first kappa shape index (κ1) is 12.8. The van der Waals surface area contributed by atoms with E-state index in [9.17, 15) is 4.39 Å². The molecule has 0 aliphatic carbocycles. The van der Waals surface area contributed by atoms with Crippen LogP contribution in [-0.2, 0) is 0 Å². The third-order valence-corrected chi connectivity index (χ3v) is 4.73. The summed E-state index contributed by atoms with van der Waals surface area (Å²) in [7, 11) is 0. The molecule has 2 atom stereocenters. The fourth-order valence-corrected chi connectivity index (χ4v) is 3.77. The monoisotopic (exact) mass is 282 g/mol. The van der Waals surface area contributed by atoms with Gasteiger partial charge in [-0.25, -0.2) is 4.39 Å². The Hall–Kier alpha value is -1.87. The number of hydrogen-bond donors (Lipinski definition) is 2. The fraction of sp³-hybridized carbons (Fsp3) is 0.333. The maximum absolute atomic E-state index is 14.2. The number of anilines is 1. The van der Waals surface area contributed by atoms with E-state index in [4.69, 9.17) is 0 Å². The van der Waals surface area contributed by atoms with Crippen LogP contribution in [0.2, 0.25) is 0 Å². The highest BCUT2D eigenvalue weighted by molar-refractivity contribution is 5.78. The van der Waals surface area contributed by atoms with Crippen LogP contribution in [0.1, 0.15) is 24.3 Å². The Kier molecular flexibility index (Phi) is 3.15. The number of halogens is 1. The molecule has 0 spiro atoms. The van der Waals surface area contributed by atoms with Gasteiger partial charge in [0.2, 0.25) is 0 Å². The molecule has 1 fully saturated rings. The molecule has 2 aliphatic heterocycles. The summed E-state index contributed by atoms with van der Waals surface area (Å²) in [6.07, 6.45) is 2.23. The van der Waals surface area contributed by atoms with Crippen molar-refractivity contribution in [2.75, 3.05) is 18.4 Å². The number of benzene rings is 2. The molecule has 0 radical (unpaired) electrons. The summed E-state index contributed by atoms with van der Waals surface area (Å²) in [6, 6.07) is 13.8. The minimum atomic E-state index is -0.138. The smallest absolute Gasteiger partial charge is 0.131 e. The molecule has 0 amide bonds. The first-order valence-corrected chi connectivity index (χ1v) is 7.69. The van der Waals surface area contributed by atoms with Gasteiger partial charge in [0.1, 0.15) is 5.82 Å². The second kappa shape index (κ2) is 5.15. The number of hydrogen-bond acceptors (Lipinski definition) is 2. The van der Waals surface area contributed by atoms with E-state index in [1.807, 2.05) is 18.2 Å². The number of nitrogens with one attached hydrogen (secondary N) is 2. The Bertz CT molecular complexity index is 668. The van der Waals surface area contributed by atoms with Gasteiger partial charge in [-0.1, -0.05) is 30.3 Å². The van der Waals surface area contributed by atoms with Gasteiger partial charge in [-0.3, -0.25) is 0 Å². The normalized spacial score (nSPS) is 23.9. The third-order valence-electron chi connectivity index (χ3n) is 4.73. The van der Waals surface area contributed by atoms with Crippen molar-refractivity contribution in [1.82, 2.24) is 5.32 Å². The summed E-state index contributed by atoms with van der Waals surface area (Å²) in [5, 5.41) is 7.11. The van der Waals surface area contributed by atoms with Crippen LogP contribution in [0.4, 0.5) is 10.1 Å². The zero-order chi connectivity index (χ0) is 14.2. The molecule has 3 heteroatoms. The lowest BCUT2D eigenvalue weighted by Gasteiger charge is -2.18. The van der Waals surface area contributed by atoms with Crippen LogP contribution >= 0.6 is 0 Å². The Morgan fingerprint density at radius 2 is 1.71 bits per heavy atom. The van der Waals surface area contributed by atoms with Crippen molar-refractivity contribution in [3.05, 3.63) is 53.8 Å². The SMILES string of the molecule is Fc1ccccc1-c1cccc2c1C1CCNCCC1N2. The molecule has 2 heterocycles. The summed E-state index contributed by atoms with van der Waals surface area (Å²) >= 11 is 0. The average molecular weight is 282 g/mol. The molecule has 0 bridgehead atoms. The second-order valence-electron chi connectivity index (χ2n) is 5.93.